The van der Waals surface area contributed by atoms with Crippen molar-refractivity contribution in [3.05, 3.63) is 0 Å². The van der Waals surface area contributed by atoms with Crippen LogP contribution in [0.15, 0.2) is 0 Å². The van der Waals surface area contributed by atoms with Crippen molar-refractivity contribution in [3.8, 4) is 0 Å². The largest absolute Gasteiger partial charge is 0.340 e. The van der Waals surface area contributed by atoms with Crippen molar-refractivity contribution in [1.82, 2.24) is 4.90 Å². The number of nitrogens with zero attached hydrogens (tertiary/aromatic N) is 1. The van der Waals surface area contributed by atoms with Crippen LogP contribution in [0.5, 0.6) is 0 Å². The molecule has 0 fully saturated rings. The second kappa shape index (κ2) is 4.74. The summed E-state index contributed by atoms with van der Waals surface area (Å²) >= 11 is 5.53. The third kappa shape index (κ3) is 3.89. The molecule has 0 unspecified atom stereocenters. The Labute approximate surface area is 81.8 Å². The minimum atomic E-state index is -2.50. The maximum atomic E-state index is 11.9. The third-order valence-electron chi connectivity index (χ3n) is 1.67. The first-order valence-corrected chi connectivity index (χ1v) is 4.44. The molecule has 1 amide bonds. The summed E-state index contributed by atoms with van der Waals surface area (Å²) in [5.41, 5.74) is -0.773. The quantitative estimate of drug-likeness (QED) is 0.654. The lowest BCUT2D eigenvalue weighted by molar-refractivity contribution is -0.139. The number of alkyl halides is 3. The van der Waals surface area contributed by atoms with Crippen molar-refractivity contribution in [2.75, 3.05) is 19.5 Å². The van der Waals surface area contributed by atoms with Gasteiger partial charge in [-0.05, 0) is 13.8 Å². The normalized spacial score (nSPS) is 11.9. The molecule has 0 radical (unpaired) electrons. The summed E-state index contributed by atoms with van der Waals surface area (Å²) in [5.74, 6) is -0.234. The molecule has 0 saturated carbocycles. The molecule has 0 aliphatic rings. The minimum absolute atomic E-state index is 0.124. The molecule has 0 aromatic rings. The van der Waals surface area contributed by atoms with E-state index in [4.69, 9.17) is 11.6 Å². The molecular weight excluding hydrogens is 200 g/mol. The average molecular weight is 214 g/mol. The Hall–Kier alpha value is -0.380. The summed E-state index contributed by atoms with van der Waals surface area (Å²) in [6.07, 6.45) is -2.50. The molecule has 78 valence electrons. The fourth-order valence-electron chi connectivity index (χ4n) is 0.864. The smallest absolute Gasteiger partial charge is 0.255 e. The van der Waals surface area contributed by atoms with Gasteiger partial charge in [0.15, 0.2) is 0 Å². The Morgan fingerprint density at radius 1 is 1.54 bits per heavy atom. The third-order valence-corrected chi connectivity index (χ3v) is 2.34. The van der Waals surface area contributed by atoms with E-state index in [1.54, 1.807) is 13.8 Å². The van der Waals surface area contributed by atoms with E-state index in [1.165, 1.54) is 7.05 Å². The average Bonchev–Trinajstić information content (AvgIpc) is 2.01. The van der Waals surface area contributed by atoms with Gasteiger partial charge >= 0.3 is 0 Å². The summed E-state index contributed by atoms with van der Waals surface area (Å²) in [5, 5.41) is 0. The summed E-state index contributed by atoms with van der Waals surface area (Å²) in [6, 6.07) is 0. The van der Waals surface area contributed by atoms with Crippen molar-refractivity contribution in [3.63, 3.8) is 0 Å². The SMILES string of the molecule is CN(CC(F)F)C(=O)C(C)(C)CCl. The van der Waals surface area contributed by atoms with Gasteiger partial charge in [0.05, 0.1) is 12.0 Å². The molecule has 0 aliphatic heterocycles. The van der Waals surface area contributed by atoms with Crippen LogP contribution in [0.4, 0.5) is 8.78 Å². The molecule has 0 saturated heterocycles. The summed E-state index contributed by atoms with van der Waals surface area (Å²) in [4.78, 5) is 12.4. The van der Waals surface area contributed by atoms with Gasteiger partial charge in [-0.2, -0.15) is 0 Å². The molecule has 0 rings (SSSR count). The Balaban J connectivity index is 4.25. The number of rotatable bonds is 4. The number of amides is 1. The van der Waals surface area contributed by atoms with Gasteiger partial charge in [0, 0.05) is 12.9 Å². The van der Waals surface area contributed by atoms with E-state index in [1.807, 2.05) is 0 Å². The molecule has 0 aliphatic carbocycles. The van der Waals surface area contributed by atoms with Crippen LogP contribution in [0.3, 0.4) is 0 Å². The summed E-state index contributed by atoms with van der Waals surface area (Å²) in [7, 11) is 1.35. The maximum absolute atomic E-state index is 11.9. The van der Waals surface area contributed by atoms with E-state index in [-0.39, 0.29) is 11.8 Å². The van der Waals surface area contributed by atoms with Crippen LogP contribution in [0, 0.1) is 5.41 Å². The first-order chi connectivity index (χ1) is 5.81. The number of carbonyl (C=O) groups is 1. The Morgan fingerprint density at radius 2 is 2.00 bits per heavy atom. The van der Waals surface area contributed by atoms with E-state index in [0.717, 1.165) is 4.90 Å². The first kappa shape index (κ1) is 12.6. The van der Waals surface area contributed by atoms with Crippen molar-refractivity contribution >= 4 is 17.5 Å². The maximum Gasteiger partial charge on any atom is 0.255 e. The van der Waals surface area contributed by atoms with Crippen molar-refractivity contribution in [2.24, 2.45) is 5.41 Å². The topological polar surface area (TPSA) is 20.3 Å². The van der Waals surface area contributed by atoms with Crippen LogP contribution in [0.25, 0.3) is 0 Å². The number of carbonyl (C=O) groups excluding carboxylic acids is 1. The molecule has 0 heterocycles. The Kier molecular flexibility index (Phi) is 4.61. The van der Waals surface area contributed by atoms with Gasteiger partial charge in [0.25, 0.3) is 6.43 Å². The lowest BCUT2D eigenvalue weighted by atomic mass is 9.94. The monoisotopic (exact) mass is 213 g/mol. The summed E-state index contributed by atoms with van der Waals surface area (Å²) < 4.78 is 23.8. The lowest BCUT2D eigenvalue weighted by Gasteiger charge is -2.27. The van der Waals surface area contributed by atoms with Gasteiger partial charge in [-0.15, -0.1) is 11.6 Å². The molecule has 13 heavy (non-hydrogen) atoms. The standard InChI is InChI=1S/C8H14ClF2NO/c1-8(2,5-9)7(13)12(3)4-6(10)11/h6H,4-5H2,1-3H3. The zero-order valence-corrected chi connectivity index (χ0v) is 8.74. The fourth-order valence-corrected chi connectivity index (χ4v) is 0.978. The van der Waals surface area contributed by atoms with Crippen LogP contribution in [0.1, 0.15) is 13.8 Å². The van der Waals surface area contributed by atoms with E-state index in [2.05, 4.69) is 0 Å². The highest BCUT2D eigenvalue weighted by atomic mass is 35.5. The van der Waals surface area contributed by atoms with E-state index in [0.29, 0.717) is 0 Å². The lowest BCUT2D eigenvalue weighted by Crippen LogP contribution is -2.41. The van der Waals surface area contributed by atoms with Gasteiger partial charge in [-0.1, -0.05) is 0 Å². The van der Waals surface area contributed by atoms with Crippen molar-refractivity contribution in [1.29, 1.82) is 0 Å². The Morgan fingerprint density at radius 3 is 2.31 bits per heavy atom. The van der Waals surface area contributed by atoms with Crippen molar-refractivity contribution in [2.45, 2.75) is 20.3 Å². The molecule has 2 nitrogen and oxygen atoms in total. The highest BCUT2D eigenvalue weighted by molar-refractivity contribution is 6.19. The van der Waals surface area contributed by atoms with Gasteiger partial charge in [0.1, 0.15) is 0 Å². The highest BCUT2D eigenvalue weighted by Crippen LogP contribution is 2.20. The van der Waals surface area contributed by atoms with E-state index < -0.39 is 18.4 Å². The number of halogens is 3. The molecule has 0 atom stereocenters. The highest BCUT2D eigenvalue weighted by Gasteiger charge is 2.30. The van der Waals surface area contributed by atoms with Crippen LogP contribution >= 0.6 is 11.6 Å². The first-order valence-electron chi connectivity index (χ1n) is 3.91. The molecule has 0 aromatic heterocycles. The zero-order valence-electron chi connectivity index (χ0n) is 7.98. The van der Waals surface area contributed by atoms with Gasteiger partial charge < -0.3 is 4.90 Å². The van der Waals surface area contributed by atoms with Crippen LogP contribution < -0.4 is 0 Å². The van der Waals surface area contributed by atoms with E-state index in [9.17, 15) is 13.6 Å². The van der Waals surface area contributed by atoms with Gasteiger partial charge in [-0.3, -0.25) is 4.79 Å². The second-order valence-corrected chi connectivity index (χ2v) is 3.86. The fraction of sp³-hybridized carbons (Fsp3) is 0.875. The number of hydrogen-bond donors (Lipinski definition) is 0. The Bertz CT molecular complexity index is 185. The second-order valence-electron chi connectivity index (χ2n) is 3.59. The van der Waals surface area contributed by atoms with E-state index >= 15 is 0 Å². The van der Waals surface area contributed by atoms with Crippen LogP contribution in [-0.4, -0.2) is 36.7 Å². The molecule has 0 N–H and O–H groups in total. The molecular formula is C8H14ClF2NO. The van der Waals surface area contributed by atoms with Gasteiger partial charge in [-0.25, -0.2) is 8.78 Å². The minimum Gasteiger partial charge on any atom is -0.340 e. The van der Waals surface area contributed by atoms with Crippen LogP contribution in [0.2, 0.25) is 0 Å². The molecule has 5 heteroatoms. The molecule has 0 bridgehead atoms. The van der Waals surface area contributed by atoms with Crippen LogP contribution in [-0.2, 0) is 4.79 Å². The predicted octanol–water partition coefficient (Wildman–Crippen LogP) is 1.97. The molecule has 0 spiro atoms. The predicted molar refractivity (Wildman–Crippen MR) is 48.1 cm³/mol. The molecule has 0 aromatic carbocycles. The number of hydrogen-bond acceptors (Lipinski definition) is 1. The zero-order chi connectivity index (χ0) is 10.6. The summed E-state index contributed by atoms with van der Waals surface area (Å²) in [6.45, 7) is 2.72. The van der Waals surface area contributed by atoms with Gasteiger partial charge in [0.2, 0.25) is 5.91 Å². The van der Waals surface area contributed by atoms with Crippen molar-refractivity contribution < 1.29 is 13.6 Å².